The van der Waals surface area contributed by atoms with Crippen molar-refractivity contribution in [2.45, 2.75) is 128 Å². The number of aromatic nitrogens is 2. The van der Waals surface area contributed by atoms with Crippen LogP contribution in [0.5, 0.6) is 11.8 Å². The second-order valence-electron chi connectivity index (χ2n) is 19.6. The first kappa shape index (κ1) is 45.5. The Morgan fingerprint density at radius 1 is 0.968 bits per heavy atom. The van der Waals surface area contributed by atoms with Gasteiger partial charge in [-0.1, -0.05) is 65.7 Å². The zero-order valence-electron chi connectivity index (χ0n) is 38.5. The highest BCUT2D eigenvalue weighted by atomic mass is 28.3. The van der Waals surface area contributed by atoms with Gasteiger partial charge in [0.2, 0.25) is 0 Å². The standard InChI is InChI=1S/C49H65F2N5O5Si/c1-31(2)62(32(3)4,33(5)6)23-18-35-14-12-15-36-24-38(60-30-58-11)25-41(42(35)36)39-16-17-40-44(43(39)51)52-46(59-29-49-19-13-20-55(49)28-37(50)26-49)53-45(40)56-22-21-54(27-34(56)7)47(57)61-48(8,9)10/h12,14-17,24-25,31-34,37H,13,19-22,26-30H2,1-11H3/t34-,37-,49+/m1/s1. The van der Waals surface area contributed by atoms with Gasteiger partial charge in [-0.3, -0.25) is 4.90 Å². The number of nitrogens with zero attached hydrogens (tertiary/aromatic N) is 5. The lowest BCUT2D eigenvalue weighted by Crippen LogP contribution is -2.55. The highest BCUT2D eigenvalue weighted by molar-refractivity contribution is 6.90. The molecule has 3 aromatic carbocycles. The van der Waals surface area contributed by atoms with Crippen molar-refractivity contribution in [2.24, 2.45) is 0 Å². The molecule has 10 nitrogen and oxygen atoms in total. The molecule has 0 N–H and O–H groups in total. The smallest absolute Gasteiger partial charge is 0.410 e. The number of methoxy groups -OCH3 is 1. The van der Waals surface area contributed by atoms with E-state index in [-0.39, 0.29) is 37.1 Å². The van der Waals surface area contributed by atoms with Crippen molar-refractivity contribution in [1.82, 2.24) is 19.8 Å². The Morgan fingerprint density at radius 2 is 1.71 bits per heavy atom. The molecule has 0 spiro atoms. The summed E-state index contributed by atoms with van der Waals surface area (Å²) in [6.45, 7) is 23.9. The van der Waals surface area contributed by atoms with Crippen LogP contribution in [-0.2, 0) is 9.47 Å². The van der Waals surface area contributed by atoms with Gasteiger partial charge in [0, 0.05) is 67.7 Å². The summed E-state index contributed by atoms with van der Waals surface area (Å²) in [5, 5.41) is 2.19. The fourth-order valence-electron chi connectivity index (χ4n) is 10.6. The van der Waals surface area contributed by atoms with E-state index in [4.69, 9.17) is 28.9 Å². The molecule has 0 radical (unpaired) electrons. The number of ether oxygens (including phenoxy) is 4. The van der Waals surface area contributed by atoms with Crippen LogP contribution in [0.4, 0.5) is 19.4 Å². The number of alkyl halides is 1. The molecule has 1 aromatic heterocycles. The number of carbonyl (C=O) groups excluding carboxylic acids is 1. The van der Waals surface area contributed by atoms with E-state index in [9.17, 15) is 9.18 Å². The quantitative estimate of drug-likeness (QED) is 0.0830. The highest BCUT2D eigenvalue weighted by Crippen LogP contribution is 2.44. The van der Waals surface area contributed by atoms with Gasteiger partial charge < -0.3 is 28.7 Å². The number of benzene rings is 3. The van der Waals surface area contributed by atoms with E-state index in [1.165, 1.54) is 0 Å². The lowest BCUT2D eigenvalue weighted by molar-refractivity contribution is 0.0218. The average Bonchev–Trinajstić information content (AvgIpc) is 3.73. The Hall–Kier alpha value is -4.51. The van der Waals surface area contributed by atoms with Gasteiger partial charge in [-0.2, -0.15) is 9.97 Å². The number of piperazine rings is 1. The number of hydrogen-bond acceptors (Lipinski definition) is 9. The van der Waals surface area contributed by atoms with Crippen LogP contribution < -0.4 is 14.4 Å². The highest BCUT2D eigenvalue weighted by Gasteiger charge is 2.49. The van der Waals surface area contributed by atoms with Crippen LogP contribution in [0, 0.1) is 17.3 Å². The summed E-state index contributed by atoms with van der Waals surface area (Å²) < 4.78 is 56.1. The molecular formula is C49H65F2N5O5Si. The molecule has 13 heteroatoms. The molecule has 62 heavy (non-hydrogen) atoms. The topological polar surface area (TPSA) is 89.5 Å². The summed E-state index contributed by atoms with van der Waals surface area (Å²) in [5.74, 6) is 4.16. The maximum atomic E-state index is 17.9. The molecule has 3 atom stereocenters. The van der Waals surface area contributed by atoms with Crippen molar-refractivity contribution in [3.05, 3.63) is 53.8 Å². The molecule has 334 valence electrons. The molecular weight excluding hydrogens is 805 g/mol. The van der Waals surface area contributed by atoms with Crippen LogP contribution >= 0.6 is 0 Å². The molecule has 1 amide bonds. The van der Waals surface area contributed by atoms with Crippen molar-refractivity contribution >= 4 is 41.7 Å². The molecule has 0 saturated carbocycles. The van der Waals surface area contributed by atoms with E-state index in [2.05, 4.69) is 62.8 Å². The minimum Gasteiger partial charge on any atom is -0.468 e. The van der Waals surface area contributed by atoms with Crippen LogP contribution in [0.25, 0.3) is 32.8 Å². The van der Waals surface area contributed by atoms with E-state index < -0.39 is 31.2 Å². The van der Waals surface area contributed by atoms with Gasteiger partial charge >= 0.3 is 12.1 Å². The molecule has 3 fully saturated rings. The Balaban J connectivity index is 1.38. The number of anilines is 1. The number of fused-ring (bicyclic) bond motifs is 3. The molecule has 4 heterocycles. The van der Waals surface area contributed by atoms with Gasteiger partial charge in [-0.25, -0.2) is 13.6 Å². The fourth-order valence-corrected chi connectivity index (χ4v) is 15.8. The largest absolute Gasteiger partial charge is 0.468 e. The molecule has 0 aliphatic carbocycles. The summed E-state index contributed by atoms with van der Waals surface area (Å²) in [4.78, 5) is 28.9. The third-order valence-electron chi connectivity index (χ3n) is 13.4. The van der Waals surface area contributed by atoms with Crippen molar-refractivity contribution in [3.63, 3.8) is 0 Å². The van der Waals surface area contributed by atoms with Crippen LogP contribution in [-0.4, -0.2) is 111 Å². The zero-order chi connectivity index (χ0) is 44.7. The first-order valence-corrected chi connectivity index (χ1v) is 24.6. The van der Waals surface area contributed by atoms with Crippen LogP contribution in [0.1, 0.15) is 94.1 Å². The Kier molecular flexibility index (Phi) is 13.2. The van der Waals surface area contributed by atoms with E-state index in [0.29, 0.717) is 77.3 Å². The molecule has 3 saturated heterocycles. The first-order valence-electron chi connectivity index (χ1n) is 22.4. The van der Waals surface area contributed by atoms with Crippen molar-refractivity contribution in [1.29, 1.82) is 0 Å². The van der Waals surface area contributed by atoms with Crippen LogP contribution in [0.3, 0.4) is 0 Å². The molecule has 3 aliphatic rings. The molecule has 7 rings (SSSR count). The number of carbonyl (C=O) groups is 1. The van der Waals surface area contributed by atoms with Gasteiger partial charge in [0.25, 0.3) is 0 Å². The zero-order valence-corrected chi connectivity index (χ0v) is 39.5. The van der Waals surface area contributed by atoms with Crippen LogP contribution in [0.2, 0.25) is 16.6 Å². The summed E-state index contributed by atoms with van der Waals surface area (Å²) in [6, 6.07) is 13.3. The average molecular weight is 870 g/mol. The van der Waals surface area contributed by atoms with E-state index in [0.717, 1.165) is 35.7 Å². The predicted octanol–water partition coefficient (Wildman–Crippen LogP) is 10.5. The minimum atomic E-state index is -2.12. The third kappa shape index (κ3) is 8.84. The molecule has 0 bridgehead atoms. The molecule has 4 aromatic rings. The predicted molar refractivity (Wildman–Crippen MR) is 246 cm³/mol. The maximum Gasteiger partial charge on any atom is 0.410 e. The Labute approximate surface area is 367 Å². The second-order valence-corrected chi connectivity index (χ2v) is 25.1. The number of amides is 1. The number of hydrogen-bond donors (Lipinski definition) is 0. The Morgan fingerprint density at radius 3 is 2.39 bits per heavy atom. The summed E-state index contributed by atoms with van der Waals surface area (Å²) in [5.41, 5.74) is 5.98. The minimum absolute atomic E-state index is 0.0225. The second kappa shape index (κ2) is 17.9. The van der Waals surface area contributed by atoms with Gasteiger partial charge in [0.15, 0.2) is 12.6 Å². The van der Waals surface area contributed by atoms with Crippen molar-refractivity contribution in [2.75, 3.05) is 58.1 Å². The van der Waals surface area contributed by atoms with E-state index in [1.54, 1.807) is 18.1 Å². The summed E-state index contributed by atoms with van der Waals surface area (Å²) in [7, 11) is -0.557. The normalized spacial score (nSPS) is 21.0. The Bertz CT molecular complexity index is 2340. The lowest BCUT2D eigenvalue weighted by Gasteiger charge is -2.41. The van der Waals surface area contributed by atoms with E-state index >= 15 is 4.39 Å². The fraction of sp³-hybridized carbons (Fsp3) is 0.571. The number of rotatable bonds is 11. The first-order chi connectivity index (χ1) is 29.4. The molecule has 3 aliphatic heterocycles. The van der Waals surface area contributed by atoms with Crippen molar-refractivity contribution < 1.29 is 32.5 Å². The SMILES string of the molecule is COCOc1cc(-c2ccc3c(N4CCN(C(=O)OC(C)(C)C)C[C@H]4C)nc(OC[C@@]45CCCN4C[C@H](F)C5)nc3c2F)c2c(C#C[Si](C(C)C)(C(C)C)C(C)C)cccc2c1. The number of halogens is 2. The summed E-state index contributed by atoms with van der Waals surface area (Å²) in [6.07, 6.45) is 0.843. The van der Waals surface area contributed by atoms with E-state index in [1.807, 2.05) is 64.1 Å². The third-order valence-corrected chi connectivity index (χ3v) is 19.7. The van der Waals surface area contributed by atoms with Gasteiger partial charge in [-0.05, 0) is 98.9 Å². The van der Waals surface area contributed by atoms with Crippen molar-refractivity contribution in [3.8, 4) is 34.4 Å². The monoisotopic (exact) mass is 869 g/mol. The summed E-state index contributed by atoms with van der Waals surface area (Å²) >= 11 is 0. The van der Waals surface area contributed by atoms with Gasteiger partial charge in [0.05, 0.1) is 5.54 Å². The maximum absolute atomic E-state index is 17.9. The molecule has 0 unspecified atom stereocenters. The van der Waals surface area contributed by atoms with Crippen LogP contribution in [0.15, 0.2) is 42.5 Å². The van der Waals surface area contributed by atoms with Gasteiger partial charge in [0.1, 0.15) is 43.5 Å². The van der Waals surface area contributed by atoms with Gasteiger partial charge in [-0.15, -0.1) is 5.54 Å². The lowest BCUT2D eigenvalue weighted by atomic mass is 9.93.